The first-order valence-electron chi connectivity index (χ1n) is 15.8. The van der Waals surface area contributed by atoms with Gasteiger partial charge >= 0.3 is 18.1 Å². The van der Waals surface area contributed by atoms with Crippen LogP contribution in [0, 0.1) is 11.3 Å². The lowest BCUT2D eigenvalue weighted by Gasteiger charge is -2.41. The van der Waals surface area contributed by atoms with Crippen LogP contribution in [0.2, 0.25) is 0 Å². The van der Waals surface area contributed by atoms with E-state index in [1.54, 1.807) is 12.1 Å². The quantitative estimate of drug-likeness (QED) is 0.311. The molecule has 1 aromatic carbocycles. The van der Waals surface area contributed by atoms with Gasteiger partial charge in [-0.3, -0.25) is 9.59 Å². The average Bonchev–Trinajstić information content (AvgIpc) is 2.88. The van der Waals surface area contributed by atoms with Crippen molar-refractivity contribution in [3.63, 3.8) is 0 Å². The van der Waals surface area contributed by atoms with Crippen LogP contribution >= 0.6 is 0 Å². The third-order valence-corrected chi connectivity index (χ3v) is 7.17. The van der Waals surface area contributed by atoms with Crippen LogP contribution in [-0.2, 0) is 14.3 Å². The van der Waals surface area contributed by atoms with Crippen molar-refractivity contribution in [2.24, 2.45) is 11.3 Å². The van der Waals surface area contributed by atoms with Gasteiger partial charge in [-0.25, -0.2) is 0 Å². The van der Waals surface area contributed by atoms with E-state index in [0.29, 0.717) is 29.7 Å². The van der Waals surface area contributed by atoms with E-state index < -0.39 is 17.7 Å². The van der Waals surface area contributed by atoms with Gasteiger partial charge in [-0.2, -0.15) is 13.2 Å². The molecule has 3 rings (SSSR count). The van der Waals surface area contributed by atoms with E-state index in [1.807, 2.05) is 52.1 Å². The van der Waals surface area contributed by atoms with Crippen LogP contribution in [0.5, 0.6) is 0 Å². The van der Waals surface area contributed by atoms with E-state index in [-0.39, 0.29) is 19.1 Å². The third-order valence-electron chi connectivity index (χ3n) is 7.17. The van der Waals surface area contributed by atoms with Gasteiger partial charge in [0.25, 0.3) is 0 Å². The number of rotatable bonds is 7. The molecule has 1 amide bonds. The maximum absolute atomic E-state index is 12.4. The number of halogens is 3. The second-order valence-corrected chi connectivity index (χ2v) is 14.0. The highest BCUT2D eigenvalue weighted by atomic mass is 19.4. The Hall–Kier alpha value is -2.09. The Bertz CT molecular complexity index is 912. The molecule has 0 atom stereocenters. The molecule has 2 fully saturated rings. The first-order valence-corrected chi connectivity index (χ1v) is 15.8. The van der Waals surface area contributed by atoms with Gasteiger partial charge in [0.2, 0.25) is 0 Å². The molecular weight excluding hydrogens is 553 g/mol. The van der Waals surface area contributed by atoms with E-state index in [9.17, 15) is 22.8 Å². The summed E-state index contributed by atoms with van der Waals surface area (Å²) in [5.41, 5.74) is 1.36. The van der Waals surface area contributed by atoms with E-state index in [2.05, 4.69) is 32.6 Å². The molecule has 1 heterocycles. The standard InChI is InChI=1S/C27H39F3N2O3.C5H12.C2H6.CH4/c1-26(2,3)35-24(33)6-4-5-19-7-13-23(14-8-19)32-17-15-21(16-18-32)20-9-11-22(12-10-20)31-25(34)27(28,29)30;1-5(2,3)4;1-2;/h9-12,19,21,23H,4-8,13-18H2,1-3H3,(H,31,34);1-4H3;1-2H3;1H4. The first kappa shape index (κ1) is 40.9. The van der Waals surface area contributed by atoms with Gasteiger partial charge in [-0.1, -0.05) is 61.1 Å². The van der Waals surface area contributed by atoms with Gasteiger partial charge in [0.1, 0.15) is 5.60 Å². The van der Waals surface area contributed by atoms with Crippen molar-refractivity contribution in [2.75, 3.05) is 18.4 Å². The zero-order valence-electron chi connectivity index (χ0n) is 27.6. The number of esters is 1. The lowest BCUT2D eigenvalue weighted by molar-refractivity contribution is -0.167. The molecule has 1 saturated heterocycles. The molecule has 1 aliphatic heterocycles. The molecular formula is C35H61F3N2O3. The predicted molar refractivity (Wildman–Crippen MR) is 173 cm³/mol. The SMILES string of the molecule is C.CC.CC(C)(C)C.CC(C)(C)OC(=O)CCCC1CCC(N2CCC(c3ccc(NC(=O)C(F)(F)F)cc3)CC2)CC1. The summed E-state index contributed by atoms with van der Waals surface area (Å²) in [4.78, 5) is 25.6. The van der Waals surface area contributed by atoms with E-state index in [4.69, 9.17) is 4.74 Å². The number of carbonyl (C=O) groups excluding carboxylic acids is 2. The van der Waals surface area contributed by atoms with Crippen molar-refractivity contribution in [2.45, 2.75) is 151 Å². The summed E-state index contributed by atoms with van der Waals surface area (Å²) >= 11 is 0. The molecule has 2 aliphatic rings. The first-order chi connectivity index (χ1) is 19.4. The van der Waals surface area contributed by atoms with Crippen molar-refractivity contribution in [1.82, 2.24) is 4.90 Å². The number of likely N-dealkylation sites (tertiary alicyclic amines) is 1. The highest BCUT2D eigenvalue weighted by Gasteiger charge is 2.38. The third kappa shape index (κ3) is 17.7. The number of amides is 1. The van der Waals surface area contributed by atoms with Gasteiger partial charge < -0.3 is 15.0 Å². The smallest absolute Gasteiger partial charge is 0.460 e. The molecule has 43 heavy (non-hydrogen) atoms. The molecule has 1 aliphatic carbocycles. The highest BCUT2D eigenvalue weighted by Crippen LogP contribution is 2.35. The van der Waals surface area contributed by atoms with Crippen LogP contribution < -0.4 is 5.32 Å². The molecule has 8 heteroatoms. The van der Waals surface area contributed by atoms with Crippen molar-refractivity contribution < 1.29 is 27.5 Å². The minimum atomic E-state index is -4.88. The molecule has 1 aromatic rings. The number of nitrogens with one attached hydrogen (secondary N) is 1. The summed E-state index contributed by atoms with van der Waals surface area (Å²) in [5, 5.41) is 1.90. The summed E-state index contributed by atoms with van der Waals surface area (Å²) in [5.74, 6) is -0.962. The van der Waals surface area contributed by atoms with Crippen molar-refractivity contribution in [3.05, 3.63) is 29.8 Å². The maximum atomic E-state index is 12.4. The lowest BCUT2D eigenvalue weighted by atomic mass is 9.81. The zero-order chi connectivity index (χ0) is 32.1. The second kappa shape index (κ2) is 18.7. The molecule has 0 unspecified atom stereocenters. The van der Waals surface area contributed by atoms with Crippen molar-refractivity contribution in [3.8, 4) is 0 Å². The van der Waals surface area contributed by atoms with Crippen LogP contribution in [0.1, 0.15) is 139 Å². The average molecular weight is 615 g/mol. The Morgan fingerprint density at radius 3 is 1.79 bits per heavy atom. The number of hydrogen-bond donors (Lipinski definition) is 1. The summed E-state index contributed by atoms with van der Waals surface area (Å²) < 4.78 is 42.6. The van der Waals surface area contributed by atoms with Gasteiger partial charge in [0, 0.05) is 18.2 Å². The molecule has 0 bridgehead atoms. The molecule has 250 valence electrons. The van der Waals surface area contributed by atoms with Crippen LogP contribution in [0.3, 0.4) is 0 Å². The summed E-state index contributed by atoms with van der Waals surface area (Å²) in [6.45, 7) is 20.5. The number of hydrogen-bond acceptors (Lipinski definition) is 4. The molecule has 0 radical (unpaired) electrons. The number of ether oxygens (including phenoxy) is 1. The fraction of sp³-hybridized carbons (Fsp3) is 0.771. The monoisotopic (exact) mass is 614 g/mol. The van der Waals surface area contributed by atoms with Gasteiger partial charge in [0.05, 0.1) is 0 Å². The topological polar surface area (TPSA) is 58.6 Å². The fourth-order valence-corrected chi connectivity index (χ4v) is 5.36. The largest absolute Gasteiger partial charge is 0.471 e. The van der Waals surface area contributed by atoms with Crippen LogP contribution in [0.15, 0.2) is 24.3 Å². The number of alkyl halides is 3. The maximum Gasteiger partial charge on any atom is 0.471 e. The minimum Gasteiger partial charge on any atom is -0.460 e. The number of benzene rings is 1. The summed E-state index contributed by atoms with van der Waals surface area (Å²) in [6.07, 6.45) is 4.50. The fourth-order valence-electron chi connectivity index (χ4n) is 5.36. The predicted octanol–water partition coefficient (Wildman–Crippen LogP) is 10.2. The molecule has 1 N–H and O–H groups in total. The Morgan fingerprint density at radius 2 is 1.35 bits per heavy atom. The Balaban J connectivity index is 0.00000200. The van der Waals surface area contributed by atoms with E-state index >= 15 is 0 Å². The van der Waals surface area contributed by atoms with Gasteiger partial charge in [-0.05, 0) is 120 Å². The zero-order valence-corrected chi connectivity index (χ0v) is 27.6. The van der Waals surface area contributed by atoms with Crippen molar-refractivity contribution in [1.29, 1.82) is 0 Å². The van der Waals surface area contributed by atoms with Crippen molar-refractivity contribution >= 4 is 17.6 Å². The number of carbonyl (C=O) groups is 2. The Morgan fingerprint density at radius 1 is 0.860 bits per heavy atom. The van der Waals surface area contributed by atoms with Gasteiger partial charge in [0.15, 0.2) is 0 Å². The van der Waals surface area contributed by atoms with Crippen LogP contribution in [-0.4, -0.2) is 47.7 Å². The number of piperidine rings is 1. The molecule has 0 aromatic heterocycles. The Kier molecular flexibility index (Phi) is 17.7. The normalized spacial score (nSPS) is 19.9. The molecule has 0 spiro atoms. The minimum absolute atomic E-state index is 0. The number of anilines is 1. The molecule has 5 nitrogen and oxygen atoms in total. The molecule has 1 saturated carbocycles. The van der Waals surface area contributed by atoms with Gasteiger partial charge in [-0.15, -0.1) is 0 Å². The van der Waals surface area contributed by atoms with E-state index in [1.165, 1.54) is 25.7 Å². The van der Waals surface area contributed by atoms with E-state index in [0.717, 1.165) is 44.3 Å². The van der Waals surface area contributed by atoms with Crippen LogP contribution in [0.25, 0.3) is 0 Å². The second-order valence-electron chi connectivity index (χ2n) is 14.0. The number of nitrogens with zero attached hydrogens (tertiary/aromatic N) is 1. The highest BCUT2D eigenvalue weighted by molar-refractivity contribution is 5.94. The lowest BCUT2D eigenvalue weighted by Crippen LogP contribution is -2.42. The summed E-state index contributed by atoms with van der Waals surface area (Å²) in [7, 11) is 0. The summed E-state index contributed by atoms with van der Waals surface area (Å²) in [6, 6.07) is 7.38. The van der Waals surface area contributed by atoms with Crippen LogP contribution in [0.4, 0.5) is 18.9 Å². The Labute approximate surface area is 260 Å².